The number of unbranched alkanes of at least 4 members (excludes halogenated alkanes) is 10. The summed E-state index contributed by atoms with van der Waals surface area (Å²) in [5.41, 5.74) is 8.27. The molecule has 5 aromatic rings. The average Bonchev–Trinajstić information content (AvgIpc) is 3.64. The van der Waals surface area contributed by atoms with Crippen molar-refractivity contribution in [2.24, 2.45) is 0 Å². The number of fused-ring (bicyclic) bond motifs is 3. The van der Waals surface area contributed by atoms with E-state index in [9.17, 15) is 5.11 Å². The molecule has 4 nitrogen and oxygen atoms in total. The fourth-order valence-corrected chi connectivity index (χ4v) is 8.27. The number of aromatic nitrogens is 2. The van der Waals surface area contributed by atoms with Gasteiger partial charge >= 0.3 is 0 Å². The molecule has 0 bridgehead atoms. The largest absolute Gasteiger partial charge is 0.364 e. The molecule has 1 N–H and O–H groups in total. The molecule has 0 amide bonds. The number of hydrogen-bond acceptors (Lipinski definition) is 2. The number of ether oxygens (including phenoxy) is 1. The number of aliphatic hydroxyl groups is 1. The second-order valence-electron chi connectivity index (χ2n) is 13.5. The van der Waals surface area contributed by atoms with E-state index in [1.807, 2.05) is 12.1 Å². The minimum absolute atomic E-state index is 0.863. The predicted molar refractivity (Wildman–Crippen MR) is 192 cm³/mol. The predicted octanol–water partition coefficient (Wildman–Crippen LogP) is 11.2. The number of benzene rings is 3. The highest BCUT2D eigenvalue weighted by molar-refractivity contribution is 5.93. The Morgan fingerprint density at radius 1 is 0.587 bits per heavy atom. The normalized spacial score (nSPS) is 15.7. The van der Waals surface area contributed by atoms with E-state index in [1.54, 1.807) is 0 Å². The smallest absolute Gasteiger partial charge is 0.183 e. The van der Waals surface area contributed by atoms with Crippen molar-refractivity contribution in [2.75, 3.05) is 0 Å². The molecule has 1 aliphatic heterocycles. The molecule has 46 heavy (non-hydrogen) atoms. The zero-order chi connectivity index (χ0) is 32.1. The monoisotopic (exact) mass is 618 g/mol. The summed E-state index contributed by atoms with van der Waals surface area (Å²) in [5, 5.41) is 14.1. The van der Waals surface area contributed by atoms with Crippen molar-refractivity contribution in [3.05, 3.63) is 106 Å². The van der Waals surface area contributed by atoms with Crippen LogP contribution in [-0.4, -0.2) is 14.2 Å². The molecule has 1 atom stereocenters. The molecular weight excluding hydrogens is 564 g/mol. The zero-order valence-electron chi connectivity index (χ0n) is 28.7. The molecule has 0 saturated carbocycles. The van der Waals surface area contributed by atoms with Crippen LogP contribution in [0.15, 0.2) is 72.8 Å². The molecular formula is C42H54N2O2. The Hall–Kier alpha value is -3.34. The first-order chi connectivity index (χ1) is 22.5. The SMILES string of the molecule is CCCCCCCCn1c(C)c(C2(c3c(C)n(CCCCCCCC)c4ccccc34)OC(O)c3ccccc32)c2ccccc21. The van der Waals surface area contributed by atoms with Gasteiger partial charge in [-0.15, -0.1) is 0 Å². The van der Waals surface area contributed by atoms with Crippen LogP contribution >= 0.6 is 0 Å². The van der Waals surface area contributed by atoms with Gasteiger partial charge in [-0.1, -0.05) is 139 Å². The molecule has 0 fully saturated rings. The van der Waals surface area contributed by atoms with Crippen molar-refractivity contribution >= 4 is 21.8 Å². The van der Waals surface area contributed by atoms with Crippen molar-refractivity contribution in [3.63, 3.8) is 0 Å². The maximum absolute atomic E-state index is 11.6. The fraction of sp³-hybridized carbons (Fsp3) is 0.476. The molecule has 6 rings (SSSR count). The molecule has 0 radical (unpaired) electrons. The van der Waals surface area contributed by atoms with Crippen molar-refractivity contribution in [3.8, 4) is 0 Å². The van der Waals surface area contributed by atoms with E-state index >= 15 is 0 Å². The van der Waals surface area contributed by atoms with Gasteiger partial charge in [-0.05, 0) is 38.8 Å². The van der Waals surface area contributed by atoms with Crippen LogP contribution in [-0.2, 0) is 23.4 Å². The molecule has 2 aromatic heterocycles. The molecule has 4 heteroatoms. The number of para-hydroxylation sites is 2. The minimum atomic E-state index is -1.00. The molecule has 3 heterocycles. The number of aliphatic hydroxyl groups excluding tert-OH is 1. The lowest BCUT2D eigenvalue weighted by Crippen LogP contribution is -2.31. The third-order valence-electron chi connectivity index (χ3n) is 10.5. The Morgan fingerprint density at radius 2 is 1.02 bits per heavy atom. The van der Waals surface area contributed by atoms with E-state index < -0.39 is 11.9 Å². The Kier molecular flexibility index (Phi) is 10.4. The van der Waals surface area contributed by atoms with E-state index in [4.69, 9.17) is 4.74 Å². The van der Waals surface area contributed by atoms with Crippen LogP contribution in [0.2, 0.25) is 0 Å². The Labute approximate surface area is 276 Å². The van der Waals surface area contributed by atoms with E-state index in [-0.39, 0.29) is 0 Å². The van der Waals surface area contributed by atoms with Crippen LogP contribution in [0, 0.1) is 13.8 Å². The van der Waals surface area contributed by atoms with Gasteiger partial charge in [-0.2, -0.15) is 0 Å². The highest BCUT2D eigenvalue weighted by Gasteiger charge is 2.52. The summed E-state index contributed by atoms with van der Waals surface area (Å²) in [6.07, 6.45) is 14.2. The summed E-state index contributed by atoms with van der Waals surface area (Å²) >= 11 is 0. The first-order valence-corrected chi connectivity index (χ1v) is 18.2. The van der Waals surface area contributed by atoms with Gasteiger partial charge in [0.2, 0.25) is 0 Å². The van der Waals surface area contributed by atoms with E-state index in [1.165, 1.54) is 109 Å². The van der Waals surface area contributed by atoms with Crippen molar-refractivity contribution < 1.29 is 9.84 Å². The van der Waals surface area contributed by atoms with Gasteiger partial charge in [-0.25, -0.2) is 0 Å². The summed E-state index contributed by atoms with van der Waals surface area (Å²) in [5.74, 6) is 0. The van der Waals surface area contributed by atoms with Crippen molar-refractivity contribution in [2.45, 2.75) is 130 Å². The number of nitrogens with zero attached hydrogens (tertiary/aromatic N) is 2. The Balaban J connectivity index is 1.52. The van der Waals surface area contributed by atoms with Crippen LogP contribution in [0.1, 0.15) is 131 Å². The topological polar surface area (TPSA) is 39.3 Å². The lowest BCUT2D eigenvalue weighted by molar-refractivity contribution is -0.140. The Morgan fingerprint density at radius 3 is 1.54 bits per heavy atom. The van der Waals surface area contributed by atoms with Gasteiger partial charge in [0.05, 0.1) is 0 Å². The first kappa shape index (κ1) is 32.6. The molecule has 1 unspecified atom stereocenters. The van der Waals surface area contributed by atoms with Gasteiger partial charge in [0.25, 0.3) is 0 Å². The van der Waals surface area contributed by atoms with Gasteiger partial charge in [0.1, 0.15) is 0 Å². The van der Waals surface area contributed by atoms with Gasteiger partial charge in [0, 0.05) is 68.5 Å². The van der Waals surface area contributed by atoms with Crippen LogP contribution < -0.4 is 0 Å². The maximum atomic E-state index is 11.6. The lowest BCUT2D eigenvalue weighted by atomic mass is 9.77. The second kappa shape index (κ2) is 14.6. The second-order valence-corrected chi connectivity index (χ2v) is 13.5. The summed E-state index contributed by atoms with van der Waals surface area (Å²) in [4.78, 5) is 0. The quantitative estimate of drug-likeness (QED) is 0.112. The van der Waals surface area contributed by atoms with E-state index in [2.05, 4.69) is 97.5 Å². The van der Waals surface area contributed by atoms with Gasteiger partial charge < -0.3 is 19.0 Å². The highest BCUT2D eigenvalue weighted by atomic mass is 16.6. The number of rotatable bonds is 16. The summed E-state index contributed by atoms with van der Waals surface area (Å²) in [6.45, 7) is 11.1. The van der Waals surface area contributed by atoms with Crippen LogP contribution in [0.5, 0.6) is 0 Å². The standard InChI is InChI=1S/C42H54N2O2/c1-5-7-9-11-13-21-29-43-31(3)39(34-24-16-19-27-37(34)43)42(36-26-18-15-23-33(36)41(45)46-42)40-32(4)44(30-22-14-12-10-8-6-2)38-28-20-17-25-35(38)40/h15-20,23-28,41,45H,5-14,21-22,29-30H2,1-4H3. The van der Waals surface area contributed by atoms with E-state index in [0.29, 0.717) is 0 Å². The fourth-order valence-electron chi connectivity index (χ4n) is 8.27. The van der Waals surface area contributed by atoms with E-state index in [0.717, 1.165) is 37.1 Å². The number of aryl methyl sites for hydroxylation is 2. The van der Waals surface area contributed by atoms with Crippen molar-refractivity contribution in [1.82, 2.24) is 9.13 Å². The third kappa shape index (κ3) is 5.84. The third-order valence-corrected chi connectivity index (χ3v) is 10.5. The minimum Gasteiger partial charge on any atom is -0.364 e. The summed E-state index contributed by atoms with van der Waals surface area (Å²) in [7, 11) is 0. The Bertz CT molecular complexity index is 1660. The van der Waals surface area contributed by atoms with Crippen LogP contribution in [0.25, 0.3) is 21.8 Å². The molecule has 0 aliphatic carbocycles. The molecule has 0 spiro atoms. The van der Waals surface area contributed by atoms with Gasteiger partial charge in [0.15, 0.2) is 11.9 Å². The number of hydrogen-bond donors (Lipinski definition) is 1. The molecule has 3 aromatic carbocycles. The van der Waals surface area contributed by atoms with Crippen molar-refractivity contribution in [1.29, 1.82) is 0 Å². The molecule has 0 saturated heterocycles. The van der Waals surface area contributed by atoms with Gasteiger partial charge in [-0.3, -0.25) is 0 Å². The zero-order valence-corrected chi connectivity index (χ0v) is 28.7. The summed E-state index contributed by atoms with van der Waals surface area (Å²) < 4.78 is 12.1. The summed E-state index contributed by atoms with van der Waals surface area (Å²) in [6, 6.07) is 26.0. The van der Waals surface area contributed by atoms with Crippen LogP contribution in [0.3, 0.4) is 0 Å². The molecule has 1 aliphatic rings. The highest BCUT2D eigenvalue weighted by Crippen LogP contribution is 2.56. The first-order valence-electron chi connectivity index (χ1n) is 18.2. The lowest BCUT2D eigenvalue weighted by Gasteiger charge is -2.32. The average molecular weight is 619 g/mol. The van der Waals surface area contributed by atoms with Crippen LogP contribution in [0.4, 0.5) is 0 Å². The maximum Gasteiger partial charge on any atom is 0.183 e. The molecule has 244 valence electrons.